The summed E-state index contributed by atoms with van der Waals surface area (Å²) in [6, 6.07) is 2.58. The van der Waals surface area contributed by atoms with Gasteiger partial charge in [0, 0.05) is 11.1 Å². The molecule has 1 rings (SSSR count). The van der Waals surface area contributed by atoms with Gasteiger partial charge in [0.1, 0.15) is 5.75 Å². The summed E-state index contributed by atoms with van der Waals surface area (Å²) in [6.07, 6.45) is 0. The molecule has 4 heteroatoms. The molecule has 1 aromatic carbocycles. The standard InChI is InChI=1S/C11H12O4/c1-6(2)11(14)15-10-7(3)8(12)4-5-9(10)13/h4-5,12-13H,1H2,2-3H3. The van der Waals surface area contributed by atoms with E-state index in [1.165, 1.54) is 26.0 Å². The molecule has 1 aromatic rings. The maximum Gasteiger partial charge on any atom is 0.338 e. The molecule has 0 unspecified atom stereocenters. The van der Waals surface area contributed by atoms with E-state index in [9.17, 15) is 15.0 Å². The number of rotatable bonds is 2. The molecule has 0 fully saturated rings. The second-order valence-electron chi connectivity index (χ2n) is 3.23. The number of hydrogen-bond acceptors (Lipinski definition) is 4. The van der Waals surface area contributed by atoms with E-state index in [1.807, 2.05) is 0 Å². The molecule has 0 amide bonds. The van der Waals surface area contributed by atoms with Crippen molar-refractivity contribution in [3.05, 3.63) is 29.8 Å². The largest absolute Gasteiger partial charge is 0.508 e. The van der Waals surface area contributed by atoms with Crippen molar-refractivity contribution in [1.29, 1.82) is 0 Å². The lowest BCUT2D eigenvalue weighted by molar-refractivity contribution is -0.130. The van der Waals surface area contributed by atoms with Crippen molar-refractivity contribution in [3.63, 3.8) is 0 Å². The lowest BCUT2D eigenvalue weighted by Crippen LogP contribution is -2.09. The zero-order chi connectivity index (χ0) is 11.6. The Morgan fingerprint density at radius 1 is 1.33 bits per heavy atom. The normalized spacial score (nSPS) is 9.73. The minimum absolute atomic E-state index is 0.0389. The number of phenols is 2. The molecule has 0 spiro atoms. The molecular formula is C11H12O4. The third-order valence-corrected chi connectivity index (χ3v) is 1.90. The van der Waals surface area contributed by atoms with Gasteiger partial charge < -0.3 is 14.9 Å². The van der Waals surface area contributed by atoms with Crippen LogP contribution in [0.5, 0.6) is 17.2 Å². The summed E-state index contributed by atoms with van der Waals surface area (Å²) in [5.74, 6) is -0.917. The van der Waals surface area contributed by atoms with Crippen molar-refractivity contribution >= 4 is 5.97 Å². The Morgan fingerprint density at radius 2 is 1.87 bits per heavy atom. The van der Waals surface area contributed by atoms with E-state index in [4.69, 9.17) is 4.74 Å². The molecular weight excluding hydrogens is 196 g/mol. The van der Waals surface area contributed by atoms with Crippen LogP contribution < -0.4 is 4.74 Å². The number of hydrogen-bond donors (Lipinski definition) is 2. The summed E-state index contributed by atoms with van der Waals surface area (Å²) in [5, 5.41) is 18.8. The van der Waals surface area contributed by atoms with Gasteiger partial charge in [-0.3, -0.25) is 0 Å². The predicted octanol–water partition coefficient (Wildman–Crippen LogP) is 1.89. The highest BCUT2D eigenvalue weighted by molar-refractivity contribution is 5.89. The zero-order valence-electron chi connectivity index (χ0n) is 8.57. The number of aromatic hydroxyl groups is 2. The van der Waals surface area contributed by atoms with Crippen LogP contribution in [-0.4, -0.2) is 16.2 Å². The Bertz CT molecular complexity index is 421. The van der Waals surface area contributed by atoms with Crippen molar-refractivity contribution in [2.24, 2.45) is 0 Å². The lowest BCUT2D eigenvalue weighted by Gasteiger charge is -2.09. The fourth-order valence-electron chi connectivity index (χ4n) is 0.976. The predicted molar refractivity (Wildman–Crippen MR) is 55.0 cm³/mol. The highest BCUT2D eigenvalue weighted by Crippen LogP contribution is 2.35. The minimum Gasteiger partial charge on any atom is -0.508 e. The first-order valence-electron chi connectivity index (χ1n) is 4.32. The Balaban J connectivity index is 3.09. The van der Waals surface area contributed by atoms with Crippen molar-refractivity contribution < 1.29 is 19.7 Å². The number of esters is 1. The highest BCUT2D eigenvalue weighted by atomic mass is 16.5. The molecule has 0 aromatic heterocycles. The van der Waals surface area contributed by atoms with E-state index in [-0.39, 0.29) is 22.8 Å². The average molecular weight is 208 g/mol. The molecule has 0 atom stereocenters. The molecule has 4 nitrogen and oxygen atoms in total. The van der Waals surface area contributed by atoms with Crippen LogP contribution in [0.2, 0.25) is 0 Å². The van der Waals surface area contributed by atoms with Gasteiger partial charge in [0.05, 0.1) is 0 Å². The molecule has 80 valence electrons. The van der Waals surface area contributed by atoms with E-state index in [0.29, 0.717) is 5.56 Å². The number of benzene rings is 1. The summed E-state index contributed by atoms with van der Waals surface area (Å²) in [6.45, 7) is 6.45. The molecule has 0 heterocycles. The van der Waals surface area contributed by atoms with E-state index in [0.717, 1.165) is 0 Å². The van der Waals surface area contributed by atoms with Crippen LogP contribution in [0.3, 0.4) is 0 Å². The SMILES string of the molecule is C=C(C)C(=O)Oc1c(O)ccc(O)c1C. The molecule has 2 N–H and O–H groups in total. The van der Waals surface area contributed by atoms with Gasteiger partial charge in [-0.15, -0.1) is 0 Å². The Kier molecular flexibility index (Phi) is 2.99. The number of ether oxygens (including phenoxy) is 1. The summed E-state index contributed by atoms with van der Waals surface area (Å²) in [7, 11) is 0. The van der Waals surface area contributed by atoms with Gasteiger partial charge in [-0.05, 0) is 26.0 Å². The van der Waals surface area contributed by atoms with E-state index in [1.54, 1.807) is 0 Å². The Morgan fingerprint density at radius 3 is 2.40 bits per heavy atom. The number of carbonyl (C=O) groups excluding carboxylic acids is 1. The summed E-state index contributed by atoms with van der Waals surface area (Å²) in [4.78, 5) is 11.2. The fourth-order valence-corrected chi connectivity index (χ4v) is 0.976. The van der Waals surface area contributed by atoms with E-state index < -0.39 is 5.97 Å². The van der Waals surface area contributed by atoms with Crippen molar-refractivity contribution in [2.45, 2.75) is 13.8 Å². The van der Waals surface area contributed by atoms with E-state index in [2.05, 4.69) is 6.58 Å². The van der Waals surface area contributed by atoms with Gasteiger partial charge >= 0.3 is 5.97 Å². The second-order valence-corrected chi connectivity index (χ2v) is 3.23. The summed E-state index contributed by atoms with van der Waals surface area (Å²) >= 11 is 0. The van der Waals surface area contributed by atoms with Gasteiger partial charge in [0.25, 0.3) is 0 Å². The monoisotopic (exact) mass is 208 g/mol. The van der Waals surface area contributed by atoms with Gasteiger partial charge in [0.2, 0.25) is 0 Å². The van der Waals surface area contributed by atoms with Crippen molar-refractivity contribution in [1.82, 2.24) is 0 Å². The highest BCUT2D eigenvalue weighted by Gasteiger charge is 2.14. The van der Waals surface area contributed by atoms with Crippen LogP contribution in [0.15, 0.2) is 24.3 Å². The van der Waals surface area contributed by atoms with Crippen molar-refractivity contribution in [3.8, 4) is 17.2 Å². The quantitative estimate of drug-likeness (QED) is 0.337. The third-order valence-electron chi connectivity index (χ3n) is 1.90. The van der Waals surface area contributed by atoms with Gasteiger partial charge in [-0.2, -0.15) is 0 Å². The summed E-state index contributed by atoms with van der Waals surface area (Å²) < 4.78 is 4.87. The Hall–Kier alpha value is -1.97. The lowest BCUT2D eigenvalue weighted by atomic mass is 10.2. The van der Waals surface area contributed by atoms with Crippen LogP contribution in [0, 0.1) is 6.92 Å². The van der Waals surface area contributed by atoms with Crippen molar-refractivity contribution in [2.75, 3.05) is 0 Å². The molecule has 15 heavy (non-hydrogen) atoms. The van der Waals surface area contributed by atoms with Crippen LogP contribution in [0.1, 0.15) is 12.5 Å². The average Bonchev–Trinajstić information content (AvgIpc) is 2.18. The zero-order valence-corrected chi connectivity index (χ0v) is 8.57. The molecule has 0 aliphatic rings. The number of phenolic OH excluding ortho intramolecular Hbond substituents is 2. The Labute approximate surface area is 87.4 Å². The fraction of sp³-hybridized carbons (Fsp3) is 0.182. The molecule has 0 aliphatic carbocycles. The second kappa shape index (κ2) is 4.04. The minimum atomic E-state index is -0.640. The van der Waals surface area contributed by atoms with Crippen LogP contribution in [0.25, 0.3) is 0 Å². The van der Waals surface area contributed by atoms with Crippen LogP contribution in [-0.2, 0) is 4.79 Å². The van der Waals surface area contributed by atoms with Crippen LogP contribution in [0.4, 0.5) is 0 Å². The van der Waals surface area contributed by atoms with Gasteiger partial charge in [0.15, 0.2) is 11.5 Å². The van der Waals surface area contributed by atoms with E-state index >= 15 is 0 Å². The topological polar surface area (TPSA) is 66.8 Å². The molecule has 0 bridgehead atoms. The smallest absolute Gasteiger partial charge is 0.338 e. The summed E-state index contributed by atoms with van der Waals surface area (Å²) in [5.41, 5.74) is 0.529. The molecule has 0 saturated carbocycles. The first kappa shape index (κ1) is 11.1. The number of carbonyl (C=O) groups is 1. The van der Waals surface area contributed by atoms with Crippen LogP contribution >= 0.6 is 0 Å². The molecule has 0 saturated heterocycles. The van der Waals surface area contributed by atoms with Gasteiger partial charge in [-0.1, -0.05) is 6.58 Å². The first-order valence-corrected chi connectivity index (χ1v) is 4.32. The maximum absolute atomic E-state index is 11.2. The molecule has 0 aliphatic heterocycles. The first-order chi connectivity index (χ1) is 6.93. The molecule has 0 radical (unpaired) electrons. The third kappa shape index (κ3) is 2.28. The maximum atomic E-state index is 11.2. The van der Waals surface area contributed by atoms with Gasteiger partial charge in [-0.25, -0.2) is 4.79 Å².